The van der Waals surface area contributed by atoms with Crippen LogP contribution in [0.1, 0.15) is 72.1 Å². The van der Waals surface area contributed by atoms with E-state index >= 15 is 0 Å². The first-order chi connectivity index (χ1) is 9.95. The number of hydrogen-bond donors (Lipinski definition) is 1. The molecule has 0 heterocycles. The summed E-state index contributed by atoms with van der Waals surface area (Å²) in [6.45, 7) is 7.06. The van der Waals surface area contributed by atoms with E-state index in [1.807, 2.05) is 4.90 Å². The molecule has 1 rings (SSSR count). The summed E-state index contributed by atoms with van der Waals surface area (Å²) in [5, 5.41) is 0. The van der Waals surface area contributed by atoms with Crippen LogP contribution in [-0.4, -0.2) is 28.4 Å². The van der Waals surface area contributed by atoms with Crippen LogP contribution in [0.3, 0.4) is 0 Å². The third-order valence-corrected chi connectivity index (χ3v) is 4.87. The van der Waals surface area contributed by atoms with Crippen LogP contribution < -0.4 is 5.73 Å². The van der Waals surface area contributed by atoms with E-state index in [2.05, 4.69) is 20.8 Å². The molecule has 0 aliphatic heterocycles. The zero-order chi connectivity index (χ0) is 15.8. The molecule has 0 spiro atoms. The first-order valence-electron chi connectivity index (χ1n) is 8.54. The Bertz CT molecular complexity index is 336. The summed E-state index contributed by atoms with van der Waals surface area (Å²) >= 11 is 4.94. The fourth-order valence-corrected chi connectivity index (χ4v) is 3.37. The first kappa shape index (κ1) is 18.4. The van der Waals surface area contributed by atoms with Gasteiger partial charge in [-0.2, -0.15) is 0 Å². The van der Waals surface area contributed by atoms with E-state index < -0.39 is 0 Å². The molecule has 0 aromatic rings. The molecule has 0 radical (unpaired) electrons. The molecule has 0 atom stereocenters. The van der Waals surface area contributed by atoms with E-state index in [9.17, 15) is 4.79 Å². The van der Waals surface area contributed by atoms with Gasteiger partial charge in [-0.3, -0.25) is 4.79 Å². The second-order valence-electron chi connectivity index (χ2n) is 6.70. The predicted molar refractivity (Wildman–Crippen MR) is 93.2 cm³/mol. The van der Waals surface area contributed by atoms with Crippen LogP contribution in [0.4, 0.5) is 0 Å². The molecule has 0 bridgehead atoms. The van der Waals surface area contributed by atoms with Gasteiger partial charge in [0.05, 0.1) is 4.99 Å². The molecule has 3 nitrogen and oxygen atoms in total. The Balaban J connectivity index is 2.47. The standard InChI is InChI=1S/C17H32N2OS/c1-4-5-6-14-7-9-15(10-8-14)17(20)19(13(2)3)12-11-16(18)21/h13-15H,4-12H2,1-3H3,(H2,18,21). The molecule has 1 aliphatic carbocycles. The summed E-state index contributed by atoms with van der Waals surface area (Å²) in [5.41, 5.74) is 5.58. The number of thiocarbonyl (C=S) groups is 1. The maximum absolute atomic E-state index is 12.7. The Morgan fingerprint density at radius 1 is 1.29 bits per heavy atom. The Labute approximate surface area is 135 Å². The Morgan fingerprint density at radius 3 is 2.38 bits per heavy atom. The maximum atomic E-state index is 12.7. The minimum absolute atomic E-state index is 0.219. The van der Waals surface area contributed by atoms with Crippen LogP contribution in [0.15, 0.2) is 0 Å². The second kappa shape index (κ2) is 9.39. The van der Waals surface area contributed by atoms with Crippen molar-refractivity contribution in [3.63, 3.8) is 0 Å². The van der Waals surface area contributed by atoms with Crippen molar-refractivity contribution in [2.24, 2.45) is 17.6 Å². The molecule has 1 aliphatic rings. The van der Waals surface area contributed by atoms with Crippen molar-refractivity contribution in [3.8, 4) is 0 Å². The van der Waals surface area contributed by atoms with Gasteiger partial charge in [-0.1, -0.05) is 38.4 Å². The lowest BCUT2D eigenvalue weighted by Crippen LogP contribution is -2.43. The average Bonchev–Trinajstić information content (AvgIpc) is 2.45. The van der Waals surface area contributed by atoms with Crippen LogP contribution in [0.2, 0.25) is 0 Å². The van der Waals surface area contributed by atoms with Gasteiger partial charge in [0.1, 0.15) is 0 Å². The van der Waals surface area contributed by atoms with Crippen molar-refractivity contribution in [2.45, 2.75) is 78.2 Å². The van der Waals surface area contributed by atoms with Crippen LogP contribution >= 0.6 is 12.2 Å². The highest BCUT2D eigenvalue weighted by Gasteiger charge is 2.30. The number of unbranched alkanes of at least 4 members (excludes halogenated alkanes) is 1. The average molecular weight is 313 g/mol. The predicted octanol–water partition coefficient (Wildman–Crippen LogP) is 3.90. The lowest BCUT2D eigenvalue weighted by atomic mass is 9.79. The summed E-state index contributed by atoms with van der Waals surface area (Å²) in [4.78, 5) is 15.2. The molecule has 0 unspecified atom stereocenters. The van der Waals surface area contributed by atoms with Gasteiger partial charge in [0, 0.05) is 24.9 Å². The maximum Gasteiger partial charge on any atom is 0.225 e. The lowest BCUT2D eigenvalue weighted by molar-refractivity contribution is -0.138. The van der Waals surface area contributed by atoms with Gasteiger partial charge in [0.15, 0.2) is 0 Å². The number of nitrogens with two attached hydrogens (primary N) is 1. The van der Waals surface area contributed by atoms with Crippen molar-refractivity contribution in [3.05, 3.63) is 0 Å². The number of carbonyl (C=O) groups excluding carboxylic acids is 1. The molecular formula is C17H32N2OS. The van der Waals surface area contributed by atoms with Crippen molar-refractivity contribution in [1.82, 2.24) is 4.90 Å². The van der Waals surface area contributed by atoms with Crippen molar-refractivity contribution >= 4 is 23.1 Å². The molecule has 4 heteroatoms. The first-order valence-corrected chi connectivity index (χ1v) is 8.95. The number of rotatable bonds is 8. The molecule has 21 heavy (non-hydrogen) atoms. The Hall–Kier alpha value is -0.640. The minimum atomic E-state index is 0.219. The fraction of sp³-hybridized carbons (Fsp3) is 0.882. The molecule has 2 N–H and O–H groups in total. The topological polar surface area (TPSA) is 46.3 Å². The van der Waals surface area contributed by atoms with Crippen molar-refractivity contribution in [1.29, 1.82) is 0 Å². The third-order valence-electron chi connectivity index (χ3n) is 4.67. The lowest BCUT2D eigenvalue weighted by Gasteiger charge is -2.34. The van der Waals surface area contributed by atoms with Crippen LogP contribution in [-0.2, 0) is 4.79 Å². The van der Waals surface area contributed by atoms with E-state index in [4.69, 9.17) is 18.0 Å². The van der Waals surface area contributed by atoms with Gasteiger partial charge < -0.3 is 10.6 Å². The highest BCUT2D eigenvalue weighted by atomic mass is 32.1. The summed E-state index contributed by atoms with van der Waals surface area (Å²) < 4.78 is 0. The normalized spacial score (nSPS) is 22.3. The van der Waals surface area contributed by atoms with Gasteiger partial charge in [-0.15, -0.1) is 0 Å². The zero-order valence-corrected chi connectivity index (χ0v) is 14.8. The van der Waals surface area contributed by atoms with Gasteiger partial charge in [0.2, 0.25) is 5.91 Å². The SMILES string of the molecule is CCCCC1CCC(C(=O)N(CCC(N)=S)C(C)C)CC1. The zero-order valence-electron chi connectivity index (χ0n) is 13.9. The molecule has 1 fully saturated rings. The molecule has 0 aromatic carbocycles. The second-order valence-corrected chi connectivity index (χ2v) is 7.23. The summed E-state index contributed by atoms with van der Waals surface area (Å²) in [6, 6.07) is 0.227. The summed E-state index contributed by atoms with van der Waals surface area (Å²) in [5.74, 6) is 1.38. The monoisotopic (exact) mass is 312 g/mol. The molecular weight excluding hydrogens is 280 g/mol. The molecule has 0 saturated heterocycles. The third kappa shape index (κ3) is 6.33. The van der Waals surface area contributed by atoms with Crippen LogP contribution in [0.5, 0.6) is 0 Å². The fourth-order valence-electron chi connectivity index (χ4n) is 3.28. The van der Waals surface area contributed by atoms with Crippen molar-refractivity contribution in [2.75, 3.05) is 6.54 Å². The number of hydrogen-bond acceptors (Lipinski definition) is 2. The smallest absolute Gasteiger partial charge is 0.225 e. The van der Waals surface area contributed by atoms with Gasteiger partial charge >= 0.3 is 0 Å². The molecule has 1 amide bonds. The number of nitrogens with zero attached hydrogens (tertiary/aromatic N) is 1. The van der Waals surface area contributed by atoms with Crippen molar-refractivity contribution < 1.29 is 4.79 Å². The Kier molecular flexibility index (Phi) is 8.23. The van der Waals surface area contributed by atoms with Crippen LogP contribution in [0, 0.1) is 11.8 Å². The van der Waals surface area contributed by atoms with E-state index in [0.717, 1.165) is 18.8 Å². The molecule has 122 valence electrons. The summed E-state index contributed by atoms with van der Waals surface area (Å²) in [6.07, 6.45) is 9.13. The van der Waals surface area contributed by atoms with E-state index in [0.29, 0.717) is 23.9 Å². The van der Waals surface area contributed by atoms with E-state index in [1.54, 1.807) is 0 Å². The van der Waals surface area contributed by atoms with Gasteiger partial charge in [-0.25, -0.2) is 0 Å². The summed E-state index contributed by atoms with van der Waals surface area (Å²) in [7, 11) is 0. The number of carbonyl (C=O) groups is 1. The van der Waals surface area contributed by atoms with E-state index in [1.165, 1.54) is 32.1 Å². The van der Waals surface area contributed by atoms with Gasteiger partial charge in [-0.05, 0) is 45.4 Å². The van der Waals surface area contributed by atoms with Crippen LogP contribution in [0.25, 0.3) is 0 Å². The molecule has 1 saturated carbocycles. The highest BCUT2D eigenvalue weighted by molar-refractivity contribution is 7.80. The molecule has 0 aromatic heterocycles. The largest absolute Gasteiger partial charge is 0.393 e. The highest BCUT2D eigenvalue weighted by Crippen LogP contribution is 2.33. The number of amides is 1. The van der Waals surface area contributed by atoms with E-state index in [-0.39, 0.29) is 12.0 Å². The Morgan fingerprint density at radius 2 is 1.90 bits per heavy atom. The van der Waals surface area contributed by atoms with Gasteiger partial charge in [0.25, 0.3) is 0 Å². The minimum Gasteiger partial charge on any atom is -0.393 e. The quantitative estimate of drug-likeness (QED) is 0.692.